The van der Waals surface area contributed by atoms with Gasteiger partial charge in [-0.3, -0.25) is 4.79 Å². The van der Waals surface area contributed by atoms with Crippen LogP contribution in [0, 0.1) is 5.82 Å². The van der Waals surface area contributed by atoms with Crippen LogP contribution in [0.4, 0.5) is 10.1 Å². The molecule has 1 heterocycles. The van der Waals surface area contributed by atoms with E-state index >= 15 is 0 Å². The monoisotopic (exact) mass is 313 g/mol. The van der Waals surface area contributed by atoms with Crippen molar-refractivity contribution >= 4 is 11.6 Å². The van der Waals surface area contributed by atoms with E-state index in [1.807, 2.05) is 0 Å². The van der Waals surface area contributed by atoms with Crippen LogP contribution in [0.15, 0.2) is 48.8 Å². The van der Waals surface area contributed by atoms with E-state index in [4.69, 9.17) is 4.74 Å². The number of carbonyl (C=O) groups excluding carboxylic acids is 1. The maximum absolute atomic E-state index is 13.2. The number of halogens is 1. The van der Waals surface area contributed by atoms with Crippen LogP contribution >= 0.6 is 0 Å². The third kappa shape index (κ3) is 3.15. The molecule has 7 nitrogen and oxygen atoms in total. The second-order valence-corrected chi connectivity index (χ2v) is 4.61. The molecule has 3 rings (SSSR count). The fraction of sp³-hybridized carbons (Fsp3) is 0.0667. The standard InChI is InChI=1S/C15H12FN5O2/c1-23-14-7-10(5-6-13(14)21-9-17-19-20-21)15(22)18-12-4-2-3-11(16)8-12/h2-9H,1H3,(H,18,22). The normalized spacial score (nSPS) is 10.3. The van der Waals surface area contributed by atoms with Crippen molar-refractivity contribution in [2.45, 2.75) is 0 Å². The first-order chi connectivity index (χ1) is 11.2. The number of aromatic nitrogens is 4. The van der Waals surface area contributed by atoms with E-state index < -0.39 is 5.82 Å². The maximum Gasteiger partial charge on any atom is 0.255 e. The van der Waals surface area contributed by atoms with Crippen LogP contribution in [0.1, 0.15) is 10.4 Å². The Bertz CT molecular complexity index is 836. The number of methoxy groups -OCH3 is 1. The predicted molar refractivity (Wildman–Crippen MR) is 80.1 cm³/mol. The van der Waals surface area contributed by atoms with Crippen molar-refractivity contribution in [3.8, 4) is 11.4 Å². The van der Waals surface area contributed by atoms with Gasteiger partial charge in [-0.15, -0.1) is 5.10 Å². The molecule has 0 aliphatic carbocycles. The largest absolute Gasteiger partial charge is 0.494 e. The molecule has 0 saturated heterocycles. The van der Waals surface area contributed by atoms with Crippen LogP contribution in [-0.4, -0.2) is 33.2 Å². The third-order valence-electron chi connectivity index (χ3n) is 3.12. The number of hydrogen-bond acceptors (Lipinski definition) is 5. The third-order valence-corrected chi connectivity index (χ3v) is 3.12. The molecule has 23 heavy (non-hydrogen) atoms. The summed E-state index contributed by atoms with van der Waals surface area (Å²) < 4.78 is 19.9. The van der Waals surface area contributed by atoms with E-state index in [0.29, 0.717) is 22.7 Å². The minimum Gasteiger partial charge on any atom is -0.494 e. The molecular formula is C15H12FN5O2. The highest BCUT2D eigenvalue weighted by Gasteiger charge is 2.12. The molecule has 0 atom stereocenters. The molecule has 1 aromatic heterocycles. The number of amides is 1. The quantitative estimate of drug-likeness (QED) is 0.797. The lowest BCUT2D eigenvalue weighted by atomic mass is 10.1. The fourth-order valence-electron chi connectivity index (χ4n) is 2.05. The summed E-state index contributed by atoms with van der Waals surface area (Å²) in [5, 5.41) is 13.5. The lowest BCUT2D eigenvalue weighted by molar-refractivity contribution is 0.102. The number of nitrogens with one attached hydrogen (secondary N) is 1. The second-order valence-electron chi connectivity index (χ2n) is 4.61. The summed E-state index contributed by atoms with van der Waals surface area (Å²) in [5.74, 6) is -0.365. The Morgan fingerprint density at radius 2 is 2.13 bits per heavy atom. The summed E-state index contributed by atoms with van der Waals surface area (Å²) in [6, 6.07) is 10.5. The summed E-state index contributed by atoms with van der Waals surface area (Å²) in [5.41, 5.74) is 1.33. The maximum atomic E-state index is 13.2. The van der Waals surface area contributed by atoms with Crippen molar-refractivity contribution in [1.29, 1.82) is 0 Å². The van der Waals surface area contributed by atoms with Crippen molar-refractivity contribution in [3.05, 3.63) is 60.2 Å². The van der Waals surface area contributed by atoms with Gasteiger partial charge in [0.15, 0.2) is 0 Å². The van der Waals surface area contributed by atoms with Crippen molar-refractivity contribution in [2.75, 3.05) is 12.4 Å². The molecule has 0 saturated carbocycles. The summed E-state index contributed by atoms with van der Waals surface area (Å²) in [7, 11) is 1.48. The number of tetrazole rings is 1. The van der Waals surface area contributed by atoms with Gasteiger partial charge in [0.05, 0.1) is 7.11 Å². The molecule has 2 aromatic carbocycles. The number of rotatable bonds is 4. The molecule has 0 fully saturated rings. The highest BCUT2D eigenvalue weighted by molar-refractivity contribution is 6.04. The predicted octanol–water partition coefficient (Wildman–Crippen LogP) is 2.06. The smallest absolute Gasteiger partial charge is 0.255 e. The van der Waals surface area contributed by atoms with Gasteiger partial charge in [0.25, 0.3) is 5.91 Å². The Kier molecular flexibility index (Phi) is 3.96. The molecule has 1 N–H and O–H groups in total. The molecular weight excluding hydrogens is 301 g/mol. The summed E-state index contributed by atoms with van der Waals surface area (Å²) in [4.78, 5) is 12.3. The molecule has 8 heteroatoms. The average molecular weight is 313 g/mol. The zero-order valence-corrected chi connectivity index (χ0v) is 12.1. The number of ether oxygens (including phenoxy) is 1. The van der Waals surface area contributed by atoms with Crippen LogP contribution in [0.3, 0.4) is 0 Å². The Morgan fingerprint density at radius 3 is 2.83 bits per heavy atom. The molecule has 0 aliphatic rings. The van der Waals surface area contributed by atoms with E-state index in [1.165, 1.54) is 36.3 Å². The lowest BCUT2D eigenvalue weighted by Crippen LogP contribution is -2.12. The van der Waals surface area contributed by atoms with Crippen molar-refractivity contribution < 1.29 is 13.9 Å². The number of benzene rings is 2. The first kappa shape index (κ1) is 14.6. The molecule has 116 valence electrons. The topological polar surface area (TPSA) is 81.9 Å². The summed E-state index contributed by atoms with van der Waals surface area (Å²) in [6.07, 6.45) is 1.42. The van der Waals surface area contributed by atoms with E-state index in [0.717, 1.165) is 0 Å². The van der Waals surface area contributed by atoms with E-state index in [-0.39, 0.29) is 5.91 Å². The fourth-order valence-corrected chi connectivity index (χ4v) is 2.05. The van der Waals surface area contributed by atoms with Crippen LogP contribution in [0.25, 0.3) is 5.69 Å². The number of anilines is 1. The molecule has 0 spiro atoms. The Labute approximate surface area is 130 Å². The minimum absolute atomic E-state index is 0.364. The van der Waals surface area contributed by atoms with E-state index in [1.54, 1.807) is 24.3 Å². The van der Waals surface area contributed by atoms with Gasteiger partial charge >= 0.3 is 0 Å². The molecule has 0 radical (unpaired) electrons. The van der Waals surface area contributed by atoms with Crippen LogP contribution in [0.2, 0.25) is 0 Å². The second kappa shape index (κ2) is 6.22. The average Bonchev–Trinajstić information content (AvgIpc) is 3.08. The number of nitrogens with zero attached hydrogens (tertiary/aromatic N) is 4. The first-order valence-corrected chi connectivity index (χ1v) is 6.65. The van der Waals surface area contributed by atoms with Gasteiger partial charge in [-0.05, 0) is 46.8 Å². The van der Waals surface area contributed by atoms with Gasteiger partial charge in [0, 0.05) is 11.3 Å². The van der Waals surface area contributed by atoms with Gasteiger partial charge in [-0.2, -0.15) is 4.68 Å². The Balaban J connectivity index is 1.87. The van der Waals surface area contributed by atoms with Crippen LogP contribution in [-0.2, 0) is 0 Å². The summed E-state index contributed by atoms with van der Waals surface area (Å²) >= 11 is 0. The van der Waals surface area contributed by atoms with Crippen LogP contribution < -0.4 is 10.1 Å². The van der Waals surface area contributed by atoms with Gasteiger partial charge in [-0.25, -0.2) is 4.39 Å². The number of hydrogen-bond donors (Lipinski definition) is 1. The SMILES string of the molecule is COc1cc(C(=O)Nc2cccc(F)c2)ccc1-n1cnnn1. The van der Waals surface area contributed by atoms with Crippen molar-refractivity contribution in [3.63, 3.8) is 0 Å². The Hall–Kier alpha value is -3.29. The lowest BCUT2D eigenvalue weighted by Gasteiger charge is -2.10. The molecule has 3 aromatic rings. The first-order valence-electron chi connectivity index (χ1n) is 6.65. The van der Waals surface area contributed by atoms with Crippen molar-refractivity contribution in [1.82, 2.24) is 20.2 Å². The highest BCUT2D eigenvalue weighted by atomic mass is 19.1. The van der Waals surface area contributed by atoms with E-state index in [2.05, 4.69) is 20.8 Å². The number of carbonyl (C=O) groups is 1. The van der Waals surface area contributed by atoms with E-state index in [9.17, 15) is 9.18 Å². The van der Waals surface area contributed by atoms with Crippen LogP contribution in [0.5, 0.6) is 5.75 Å². The molecule has 1 amide bonds. The highest BCUT2D eigenvalue weighted by Crippen LogP contribution is 2.23. The van der Waals surface area contributed by atoms with Gasteiger partial charge < -0.3 is 10.1 Å². The van der Waals surface area contributed by atoms with Gasteiger partial charge in [-0.1, -0.05) is 6.07 Å². The summed E-state index contributed by atoms with van der Waals surface area (Å²) in [6.45, 7) is 0. The van der Waals surface area contributed by atoms with Crippen molar-refractivity contribution in [2.24, 2.45) is 0 Å². The van der Waals surface area contributed by atoms with Gasteiger partial charge in [0.1, 0.15) is 23.6 Å². The molecule has 0 bridgehead atoms. The Morgan fingerprint density at radius 1 is 1.26 bits per heavy atom. The van der Waals surface area contributed by atoms with Gasteiger partial charge in [0.2, 0.25) is 0 Å². The molecule has 0 unspecified atom stereocenters. The zero-order valence-electron chi connectivity index (χ0n) is 12.1. The zero-order chi connectivity index (χ0) is 16.2. The minimum atomic E-state index is -0.422. The molecule has 0 aliphatic heterocycles.